The van der Waals surface area contributed by atoms with Crippen molar-refractivity contribution in [2.24, 2.45) is 5.92 Å². The molecule has 4 rings (SSSR count). The highest BCUT2D eigenvalue weighted by Crippen LogP contribution is 2.23. The first-order valence-corrected chi connectivity index (χ1v) is 8.71. The Balaban J connectivity index is 1.46. The molecule has 10 heteroatoms. The number of anilines is 2. The third kappa shape index (κ3) is 3.89. The van der Waals surface area contributed by atoms with Gasteiger partial charge in [-0.3, -0.25) is 10.1 Å². The van der Waals surface area contributed by atoms with Gasteiger partial charge in [0.1, 0.15) is 24.8 Å². The molecule has 138 valence electrons. The molecule has 0 aromatic carbocycles. The molecular weight excluding hydrogens is 346 g/mol. The Labute approximate surface area is 155 Å². The number of carbonyl (C=O) groups is 1. The van der Waals surface area contributed by atoms with Crippen LogP contribution in [0.5, 0.6) is 0 Å². The zero-order chi connectivity index (χ0) is 18.6. The van der Waals surface area contributed by atoms with Crippen molar-refractivity contribution >= 4 is 17.7 Å². The summed E-state index contributed by atoms with van der Waals surface area (Å²) < 4.78 is 1.58. The Hall–Kier alpha value is -3.43. The number of aromatic nitrogens is 7. The quantitative estimate of drug-likeness (QED) is 0.728. The van der Waals surface area contributed by atoms with Gasteiger partial charge in [-0.05, 0) is 25.8 Å². The molecular formula is C17H19N9O. The number of amides is 1. The van der Waals surface area contributed by atoms with Gasteiger partial charge in [-0.2, -0.15) is 5.10 Å². The van der Waals surface area contributed by atoms with Gasteiger partial charge in [0, 0.05) is 31.0 Å². The van der Waals surface area contributed by atoms with Gasteiger partial charge in [-0.1, -0.05) is 0 Å². The Morgan fingerprint density at radius 1 is 1.22 bits per heavy atom. The highest BCUT2D eigenvalue weighted by Gasteiger charge is 2.27. The van der Waals surface area contributed by atoms with Crippen molar-refractivity contribution in [3.63, 3.8) is 0 Å². The van der Waals surface area contributed by atoms with E-state index in [-0.39, 0.29) is 11.8 Å². The van der Waals surface area contributed by atoms with Gasteiger partial charge in [0.15, 0.2) is 5.82 Å². The van der Waals surface area contributed by atoms with Crippen LogP contribution < -0.4 is 10.2 Å². The van der Waals surface area contributed by atoms with Crippen LogP contribution in [0.25, 0.3) is 5.82 Å². The van der Waals surface area contributed by atoms with Crippen LogP contribution in [0.15, 0.2) is 37.3 Å². The van der Waals surface area contributed by atoms with E-state index in [9.17, 15) is 4.79 Å². The lowest BCUT2D eigenvalue weighted by atomic mass is 9.97. The molecule has 1 saturated heterocycles. The molecule has 27 heavy (non-hydrogen) atoms. The number of nitrogens with one attached hydrogen (secondary N) is 1. The first-order chi connectivity index (χ1) is 13.2. The number of hydrogen-bond acceptors (Lipinski definition) is 8. The van der Waals surface area contributed by atoms with Crippen molar-refractivity contribution in [2.75, 3.05) is 23.3 Å². The van der Waals surface area contributed by atoms with E-state index in [4.69, 9.17) is 0 Å². The summed E-state index contributed by atoms with van der Waals surface area (Å²) in [5.74, 6) is 1.51. The van der Waals surface area contributed by atoms with Gasteiger partial charge >= 0.3 is 0 Å². The van der Waals surface area contributed by atoms with E-state index in [0.29, 0.717) is 18.3 Å². The Morgan fingerprint density at radius 2 is 2.11 bits per heavy atom. The van der Waals surface area contributed by atoms with Crippen molar-refractivity contribution in [1.82, 2.24) is 34.7 Å². The first kappa shape index (κ1) is 17.0. The van der Waals surface area contributed by atoms with Crippen LogP contribution in [0.3, 0.4) is 0 Å². The molecule has 0 aliphatic carbocycles. The molecule has 10 nitrogen and oxygen atoms in total. The van der Waals surface area contributed by atoms with Crippen molar-refractivity contribution in [2.45, 2.75) is 19.8 Å². The molecule has 3 aromatic rings. The van der Waals surface area contributed by atoms with E-state index < -0.39 is 0 Å². The lowest BCUT2D eigenvalue weighted by Crippen LogP contribution is -2.41. The molecule has 0 radical (unpaired) electrons. The van der Waals surface area contributed by atoms with Crippen molar-refractivity contribution in [3.8, 4) is 5.82 Å². The van der Waals surface area contributed by atoms with Crippen LogP contribution in [0.2, 0.25) is 0 Å². The zero-order valence-corrected chi connectivity index (χ0v) is 14.9. The molecule has 1 N–H and O–H groups in total. The zero-order valence-electron chi connectivity index (χ0n) is 14.9. The smallest absolute Gasteiger partial charge is 0.231 e. The second-order valence-corrected chi connectivity index (χ2v) is 6.37. The lowest BCUT2D eigenvalue weighted by molar-refractivity contribution is -0.120. The maximum Gasteiger partial charge on any atom is 0.231 e. The third-order valence-electron chi connectivity index (χ3n) is 4.44. The molecule has 1 aliphatic heterocycles. The molecule has 0 spiro atoms. The fourth-order valence-corrected chi connectivity index (χ4v) is 3.08. The monoisotopic (exact) mass is 365 g/mol. The van der Waals surface area contributed by atoms with Gasteiger partial charge in [0.2, 0.25) is 11.9 Å². The molecule has 1 atom stereocenters. The molecule has 3 aromatic heterocycles. The molecule has 4 heterocycles. The van der Waals surface area contributed by atoms with Crippen molar-refractivity contribution in [3.05, 3.63) is 43.0 Å². The van der Waals surface area contributed by atoms with Crippen molar-refractivity contribution < 1.29 is 4.79 Å². The van der Waals surface area contributed by atoms with Crippen LogP contribution in [0.1, 0.15) is 18.5 Å². The van der Waals surface area contributed by atoms with Crippen molar-refractivity contribution in [1.29, 1.82) is 0 Å². The molecule has 1 aliphatic rings. The summed E-state index contributed by atoms with van der Waals surface area (Å²) in [7, 11) is 0. The van der Waals surface area contributed by atoms with Gasteiger partial charge in [0.05, 0.1) is 5.92 Å². The topological polar surface area (TPSA) is 115 Å². The molecule has 0 bridgehead atoms. The fraction of sp³-hybridized carbons (Fsp3) is 0.353. The normalized spacial score (nSPS) is 16.9. The van der Waals surface area contributed by atoms with Crippen LogP contribution in [-0.4, -0.2) is 53.7 Å². The Morgan fingerprint density at radius 3 is 2.93 bits per heavy atom. The van der Waals surface area contributed by atoms with E-state index in [1.165, 1.54) is 12.7 Å². The first-order valence-electron chi connectivity index (χ1n) is 8.71. The maximum atomic E-state index is 12.6. The van der Waals surface area contributed by atoms with E-state index in [2.05, 4.69) is 40.2 Å². The standard InChI is InChI=1S/C17H19N9O/c1-12-4-5-19-17(23-12)24-16(27)13-3-2-6-25(8-13)14-7-15(21-10-20-14)26-11-18-9-22-26/h4-5,7,9-11,13H,2-3,6,8H2,1H3,(H,19,23,24,27). The maximum absolute atomic E-state index is 12.6. The predicted octanol–water partition coefficient (Wildman–Crippen LogP) is 1.01. The number of hydrogen-bond donors (Lipinski definition) is 1. The summed E-state index contributed by atoms with van der Waals surface area (Å²) >= 11 is 0. The summed E-state index contributed by atoms with van der Waals surface area (Å²) in [4.78, 5) is 35.6. The molecule has 1 fully saturated rings. The molecule has 1 unspecified atom stereocenters. The average Bonchev–Trinajstić information content (AvgIpc) is 3.23. The highest BCUT2D eigenvalue weighted by molar-refractivity contribution is 5.91. The average molecular weight is 365 g/mol. The minimum atomic E-state index is -0.160. The summed E-state index contributed by atoms with van der Waals surface area (Å²) in [6.45, 7) is 3.27. The van der Waals surface area contributed by atoms with Gasteiger partial charge < -0.3 is 4.90 Å². The number of nitrogens with zero attached hydrogens (tertiary/aromatic N) is 8. The van der Waals surface area contributed by atoms with Gasteiger partial charge in [0.25, 0.3) is 0 Å². The minimum Gasteiger partial charge on any atom is -0.356 e. The third-order valence-corrected chi connectivity index (χ3v) is 4.44. The van der Waals surface area contributed by atoms with Crippen LogP contribution in [-0.2, 0) is 4.79 Å². The molecule has 1 amide bonds. The SMILES string of the molecule is Cc1ccnc(NC(=O)C2CCCN(c3cc(-n4cncn4)ncn3)C2)n1. The second-order valence-electron chi connectivity index (χ2n) is 6.37. The minimum absolute atomic E-state index is 0.0733. The van der Waals surface area contributed by atoms with E-state index in [1.807, 2.05) is 13.0 Å². The van der Waals surface area contributed by atoms with Gasteiger partial charge in [-0.25, -0.2) is 29.6 Å². The van der Waals surface area contributed by atoms with Crippen LogP contribution in [0.4, 0.5) is 11.8 Å². The van der Waals surface area contributed by atoms with Gasteiger partial charge in [-0.15, -0.1) is 0 Å². The summed E-state index contributed by atoms with van der Waals surface area (Å²) in [5.41, 5.74) is 0.812. The van der Waals surface area contributed by atoms with E-state index in [1.54, 1.807) is 23.3 Å². The fourth-order valence-electron chi connectivity index (χ4n) is 3.08. The predicted molar refractivity (Wildman–Crippen MR) is 97.3 cm³/mol. The number of piperidine rings is 1. The molecule has 0 saturated carbocycles. The second kappa shape index (κ2) is 7.44. The Bertz CT molecular complexity index is 928. The number of rotatable bonds is 4. The lowest BCUT2D eigenvalue weighted by Gasteiger charge is -2.32. The summed E-state index contributed by atoms with van der Waals surface area (Å²) in [5, 5.41) is 6.90. The number of aryl methyl sites for hydroxylation is 1. The highest BCUT2D eigenvalue weighted by atomic mass is 16.2. The number of carbonyl (C=O) groups excluding carboxylic acids is 1. The van der Waals surface area contributed by atoms with Crippen LogP contribution in [0, 0.1) is 12.8 Å². The van der Waals surface area contributed by atoms with E-state index >= 15 is 0 Å². The van der Waals surface area contributed by atoms with E-state index in [0.717, 1.165) is 30.9 Å². The summed E-state index contributed by atoms with van der Waals surface area (Å²) in [6, 6.07) is 3.64. The summed E-state index contributed by atoms with van der Waals surface area (Å²) in [6.07, 6.45) is 7.88. The Kier molecular flexibility index (Phi) is 4.69. The van der Waals surface area contributed by atoms with Crippen LogP contribution >= 0.6 is 0 Å². The largest absolute Gasteiger partial charge is 0.356 e.